The maximum atomic E-state index is 5.22. The number of nitrogens with zero attached hydrogens (tertiary/aromatic N) is 2. The van der Waals surface area contributed by atoms with E-state index in [1.807, 2.05) is 30.6 Å². The minimum absolute atomic E-state index is 0.565. The van der Waals surface area contributed by atoms with Gasteiger partial charge in [0.1, 0.15) is 0 Å². The van der Waals surface area contributed by atoms with Crippen molar-refractivity contribution in [2.24, 2.45) is 0 Å². The summed E-state index contributed by atoms with van der Waals surface area (Å²) in [5.41, 5.74) is 3.27. The lowest BCUT2D eigenvalue weighted by atomic mass is 10.2. The number of ether oxygens (including phenoxy) is 1. The molecule has 5 heteroatoms. The van der Waals surface area contributed by atoms with Crippen LogP contribution in [0.15, 0.2) is 41.6 Å². The Morgan fingerprint density at radius 2 is 2.37 bits per heavy atom. The Morgan fingerprint density at radius 1 is 1.53 bits per heavy atom. The van der Waals surface area contributed by atoms with E-state index in [1.54, 1.807) is 18.0 Å². The zero-order valence-corrected chi connectivity index (χ0v) is 12.4. The Balaban J connectivity index is 2.10. The van der Waals surface area contributed by atoms with E-state index in [-0.39, 0.29) is 0 Å². The molecule has 2 aromatic rings. The van der Waals surface area contributed by atoms with Crippen molar-refractivity contribution in [1.82, 2.24) is 9.78 Å². The number of halogens is 1. The van der Waals surface area contributed by atoms with Crippen LogP contribution in [-0.2, 0) is 17.9 Å². The molecule has 0 saturated carbocycles. The van der Waals surface area contributed by atoms with Gasteiger partial charge in [-0.1, -0.05) is 28.6 Å². The van der Waals surface area contributed by atoms with E-state index in [2.05, 4.69) is 32.9 Å². The minimum atomic E-state index is 0.565. The SMILES string of the molecule is C=Cn1cc(CNc2cccc(Br)c2COC)cn1. The number of aromatic nitrogens is 2. The lowest BCUT2D eigenvalue weighted by Gasteiger charge is -2.12. The van der Waals surface area contributed by atoms with Crippen molar-refractivity contribution >= 4 is 27.8 Å². The van der Waals surface area contributed by atoms with E-state index >= 15 is 0 Å². The number of rotatable bonds is 6. The van der Waals surface area contributed by atoms with Gasteiger partial charge in [-0.3, -0.25) is 0 Å². The van der Waals surface area contributed by atoms with Gasteiger partial charge in [0.15, 0.2) is 0 Å². The van der Waals surface area contributed by atoms with Gasteiger partial charge in [-0.2, -0.15) is 5.10 Å². The fourth-order valence-electron chi connectivity index (χ4n) is 1.78. The molecule has 0 unspecified atom stereocenters. The van der Waals surface area contributed by atoms with Crippen molar-refractivity contribution in [2.45, 2.75) is 13.2 Å². The topological polar surface area (TPSA) is 39.1 Å². The Hall–Kier alpha value is -1.59. The molecule has 1 N–H and O–H groups in total. The summed E-state index contributed by atoms with van der Waals surface area (Å²) >= 11 is 3.54. The van der Waals surface area contributed by atoms with Crippen LogP contribution < -0.4 is 5.32 Å². The molecule has 100 valence electrons. The summed E-state index contributed by atoms with van der Waals surface area (Å²) in [5, 5.41) is 7.54. The summed E-state index contributed by atoms with van der Waals surface area (Å²) in [5.74, 6) is 0. The first-order valence-electron chi connectivity index (χ1n) is 5.90. The van der Waals surface area contributed by atoms with Crippen molar-refractivity contribution in [3.63, 3.8) is 0 Å². The number of hydrogen-bond donors (Lipinski definition) is 1. The van der Waals surface area contributed by atoms with Crippen LogP contribution in [-0.4, -0.2) is 16.9 Å². The highest BCUT2D eigenvalue weighted by Crippen LogP contribution is 2.25. The van der Waals surface area contributed by atoms with E-state index < -0.39 is 0 Å². The first kappa shape index (κ1) is 13.8. The molecule has 19 heavy (non-hydrogen) atoms. The van der Waals surface area contributed by atoms with Gasteiger partial charge in [0.2, 0.25) is 0 Å². The molecule has 1 aromatic heterocycles. The maximum Gasteiger partial charge on any atom is 0.0744 e. The number of nitrogens with one attached hydrogen (secondary N) is 1. The van der Waals surface area contributed by atoms with Crippen molar-refractivity contribution in [3.05, 3.63) is 52.8 Å². The van der Waals surface area contributed by atoms with Crippen LogP contribution in [0.25, 0.3) is 6.20 Å². The summed E-state index contributed by atoms with van der Waals surface area (Å²) in [7, 11) is 1.69. The smallest absolute Gasteiger partial charge is 0.0744 e. The second-order valence-electron chi connectivity index (χ2n) is 4.06. The van der Waals surface area contributed by atoms with Crippen molar-refractivity contribution in [3.8, 4) is 0 Å². The third kappa shape index (κ3) is 3.45. The van der Waals surface area contributed by atoms with E-state index in [4.69, 9.17) is 4.74 Å². The molecule has 1 heterocycles. The van der Waals surface area contributed by atoms with Crippen LogP contribution in [0.5, 0.6) is 0 Å². The molecule has 0 bridgehead atoms. The largest absolute Gasteiger partial charge is 0.381 e. The lowest BCUT2D eigenvalue weighted by Crippen LogP contribution is -2.03. The normalized spacial score (nSPS) is 10.4. The molecule has 0 amide bonds. The molecule has 0 aliphatic heterocycles. The summed E-state index contributed by atoms with van der Waals surface area (Å²) in [4.78, 5) is 0. The highest BCUT2D eigenvalue weighted by atomic mass is 79.9. The molecule has 0 radical (unpaired) electrons. The number of benzene rings is 1. The van der Waals surface area contributed by atoms with Crippen molar-refractivity contribution in [1.29, 1.82) is 0 Å². The first-order valence-corrected chi connectivity index (χ1v) is 6.69. The van der Waals surface area contributed by atoms with Gasteiger partial charge in [0, 0.05) is 47.3 Å². The predicted molar refractivity (Wildman–Crippen MR) is 80.8 cm³/mol. The highest BCUT2D eigenvalue weighted by molar-refractivity contribution is 9.10. The summed E-state index contributed by atoms with van der Waals surface area (Å²) < 4.78 is 7.95. The molecule has 4 nitrogen and oxygen atoms in total. The molecule has 0 atom stereocenters. The van der Waals surface area contributed by atoms with E-state index in [1.165, 1.54) is 0 Å². The van der Waals surface area contributed by atoms with Crippen LogP contribution in [0.4, 0.5) is 5.69 Å². The van der Waals surface area contributed by atoms with Gasteiger partial charge in [-0.15, -0.1) is 0 Å². The number of hydrogen-bond acceptors (Lipinski definition) is 3. The summed E-state index contributed by atoms with van der Waals surface area (Å²) in [6.45, 7) is 4.94. The fourth-order valence-corrected chi connectivity index (χ4v) is 2.26. The summed E-state index contributed by atoms with van der Waals surface area (Å²) in [6.07, 6.45) is 5.43. The van der Waals surface area contributed by atoms with Gasteiger partial charge >= 0.3 is 0 Å². The summed E-state index contributed by atoms with van der Waals surface area (Å²) in [6, 6.07) is 6.05. The molecule has 0 spiro atoms. The van der Waals surface area contributed by atoms with Gasteiger partial charge in [0.05, 0.1) is 12.8 Å². The van der Waals surface area contributed by atoms with Crippen LogP contribution in [0.2, 0.25) is 0 Å². The molecule has 0 aliphatic carbocycles. The highest BCUT2D eigenvalue weighted by Gasteiger charge is 2.06. The quantitative estimate of drug-likeness (QED) is 0.885. The maximum absolute atomic E-state index is 5.22. The first-order chi connectivity index (χ1) is 9.24. The van der Waals surface area contributed by atoms with E-state index in [0.717, 1.165) is 21.3 Å². The second-order valence-corrected chi connectivity index (χ2v) is 4.92. The number of anilines is 1. The van der Waals surface area contributed by atoms with Crippen LogP contribution in [0, 0.1) is 0 Å². The Kier molecular flexibility index (Phi) is 4.76. The van der Waals surface area contributed by atoms with Crippen LogP contribution in [0.3, 0.4) is 0 Å². The van der Waals surface area contributed by atoms with Gasteiger partial charge < -0.3 is 10.1 Å². The zero-order valence-electron chi connectivity index (χ0n) is 10.8. The van der Waals surface area contributed by atoms with Crippen molar-refractivity contribution < 1.29 is 4.74 Å². The fraction of sp³-hybridized carbons (Fsp3) is 0.214. The average molecular weight is 322 g/mol. The van der Waals surface area contributed by atoms with Gasteiger partial charge in [-0.25, -0.2) is 4.68 Å². The monoisotopic (exact) mass is 321 g/mol. The van der Waals surface area contributed by atoms with Crippen LogP contribution in [0.1, 0.15) is 11.1 Å². The van der Waals surface area contributed by atoms with Gasteiger partial charge in [-0.05, 0) is 12.1 Å². The van der Waals surface area contributed by atoms with E-state index in [0.29, 0.717) is 13.2 Å². The Labute approximate surface area is 121 Å². The number of methoxy groups -OCH3 is 1. The zero-order chi connectivity index (χ0) is 13.7. The predicted octanol–water partition coefficient (Wildman–Crippen LogP) is 3.50. The third-order valence-electron chi connectivity index (χ3n) is 2.73. The minimum Gasteiger partial charge on any atom is -0.381 e. The molecule has 0 fully saturated rings. The van der Waals surface area contributed by atoms with Crippen LogP contribution >= 0.6 is 15.9 Å². The molecule has 1 aromatic carbocycles. The van der Waals surface area contributed by atoms with E-state index in [9.17, 15) is 0 Å². The standard InChI is InChI=1S/C14H16BrN3O/c1-3-18-9-11(8-17-18)7-16-14-6-4-5-13(15)12(14)10-19-2/h3-6,8-9,16H,1,7,10H2,2H3. The molecular weight excluding hydrogens is 306 g/mol. The average Bonchev–Trinajstić information content (AvgIpc) is 2.87. The lowest BCUT2D eigenvalue weighted by molar-refractivity contribution is 0.185. The second kappa shape index (κ2) is 6.54. The molecular formula is C14H16BrN3O. The van der Waals surface area contributed by atoms with Crippen molar-refractivity contribution in [2.75, 3.05) is 12.4 Å². The molecule has 0 aliphatic rings. The Bertz CT molecular complexity index is 566. The third-order valence-corrected chi connectivity index (χ3v) is 3.48. The molecule has 2 rings (SSSR count). The Morgan fingerprint density at radius 3 is 3.05 bits per heavy atom. The molecule has 0 saturated heterocycles. The van der Waals surface area contributed by atoms with Gasteiger partial charge in [0.25, 0.3) is 0 Å².